The summed E-state index contributed by atoms with van der Waals surface area (Å²) in [6.07, 6.45) is 2.09. The van der Waals surface area contributed by atoms with E-state index in [1.165, 1.54) is 4.90 Å². The zero-order valence-corrected chi connectivity index (χ0v) is 19.0. The van der Waals surface area contributed by atoms with E-state index in [1.807, 2.05) is 36.6 Å². The highest BCUT2D eigenvalue weighted by atomic mass is 35.5. The first-order valence-electron chi connectivity index (χ1n) is 9.23. The number of halogens is 2. The molecule has 8 heteroatoms. The molecule has 0 radical (unpaired) electrons. The van der Waals surface area contributed by atoms with Crippen molar-refractivity contribution in [3.63, 3.8) is 0 Å². The number of hydrogen-bond donors (Lipinski definition) is 1. The summed E-state index contributed by atoms with van der Waals surface area (Å²) in [6, 6.07) is 14.3. The molecule has 30 heavy (non-hydrogen) atoms. The van der Waals surface area contributed by atoms with Crippen LogP contribution in [-0.4, -0.2) is 41.0 Å². The molecule has 0 aromatic heterocycles. The molecule has 5 nitrogen and oxygen atoms in total. The Morgan fingerprint density at radius 1 is 1.20 bits per heavy atom. The molecule has 0 fully saturated rings. The van der Waals surface area contributed by atoms with Gasteiger partial charge in [-0.15, -0.1) is 0 Å². The molecule has 0 spiro atoms. The number of benzene rings is 2. The summed E-state index contributed by atoms with van der Waals surface area (Å²) in [5.41, 5.74) is 6.32. The van der Waals surface area contributed by atoms with E-state index in [2.05, 4.69) is 0 Å². The average Bonchev–Trinajstić information content (AvgIpc) is 2.68. The lowest BCUT2D eigenvalue weighted by atomic mass is 9.88. The summed E-state index contributed by atoms with van der Waals surface area (Å²) in [6.45, 7) is 1.56. The van der Waals surface area contributed by atoms with Crippen LogP contribution >= 0.6 is 35.0 Å². The molecule has 2 N–H and O–H groups in total. The quantitative estimate of drug-likeness (QED) is 0.659. The van der Waals surface area contributed by atoms with Crippen molar-refractivity contribution in [1.29, 1.82) is 0 Å². The maximum absolute atomic E-state index is 13.6. The smallest absolute Gasteiger partial charge is 0.261 e. The third-order valence-corrected chi connectivity index (χ3v) is 6.03. The van der Waals surface area contributed by atoms with Gasteiger partial charge in [0.1, 0.15) is 11.3 Å². The first-order chi connectivity index (χ1) is 14.3. The molecule has 1 heterocycles. The molecule has 1 atom stereocenters. The van der Waals surface area contributed by atoms with Gasteiger partial charge >= 0.3 is 0 Å². The average molecular weight is 465 g/mol. The Kier molecular flexibility index (Phi) is 7.01. The van der Waals surface area contributed by atoms with E-state index in [4.69, 9.17) is 33.7 Å². The molecule has 1 aliphatic heterocycles. The lowest BCUT2D eigenvalue weighted by Crippen LogP contribution is -2.61. The van der Waals surface area contributed by atoms with Crippen LogP contribution < -0.4 is 5.73 Å². The first kappa shape index (κ1) is 22.5. The number of amides is 2. The zero-order valence-electron chi connectivity index (χ0n) is 16.7. The number of ether oxygens (including phenoxy) is 1. The second-order valence-corrected chi connectivity index (χ2v) is 8.94. The topological polar surface area (TPSA) is 72.6 Å². The number of hydrogen-bond acceptors (Lipinski definition) is 4. The summed E-state index contributed by atoms with van der Waals surface area (Å²) < 4.78 is 5.95. The van der Waals surface area contributed by atoms with Crippen molar-refractivity contribution < 1.29 is 14.3 Å². The number of thioether (sulfide) groups is 1. The molecular formula is C22H22Cl2N2O3S. The SMILES string of the molecule is CSCC1=C(c2ccccc2)C(=O)N(C(C)(Cc2cc(Cl)cc(Cl)c2)C(N)=O)CO1. The van der Waals surface area contributed by atoms with Crippen LogP contribution in [-0.2, 0) is 20.7 Å². The normalized spacial score (nSPS) is 16.3. The molecule has 3 rings (SSSR count). The van der Waals surface area contributed by atoms with Crippen LogP contribution in [0, 0.1) is 0 Å². The van der Waals surface area contributed by atoms with Crippen LogP contribution in [0.3, 0.4) is 0 Å². The van der Waals surface area contributed by atoms with Crippen molar-refractivity contribution >= 4 is 52.4 Å². The molecule has 2 aromatic carbocycles. The molecule has 2 amide bonds. The minimum atomic E-state index is -1.34. The first-order valence-corrected chi connectivity index (χ1v) is 11.4. The molecule has 1 unspecified atom stereocenters. The van der Waals surface area contributed by atoms with Gasteiger partial charge in [0.15, 0.2) is 6.73 Å². The van der Waals surface area contributed by atoms with Gasteiger partial charge < -0.3 is 10.5 Å². The van der Waals surface area contributed by atoms with Gasteiger partial charge in [-0.2, -0.15) is 11.8 Å². The van der Waals surface area contributed by atoms with Crippen molar-refractivity contribution in [3.8, 4) is 0 Å². The van der Waals surface area contributed by atoms with Crippen molar-refractivity contribution in [2.24, 2.45) is 5.73 Å². The Balaban J connectivity index is 2.03. The molecule has 0 saturated heterocycles. The van der Waals surface area contributed by atoms with Crippen LogP contribution in [0.4, 0.5) is 0 Å². The van der Waals surface area contributed by atoms with Gasteiger partial charge in [-0.3, -0.25) is 14.5 Å². The maximum atomic E-state index is 13.6. The summed E-state index contributed by atoms with van der Waals surface area (Å²) in [7, 11) is 0. The molecule has 0 bridgehead atoms. The number of carbonyl (C=O) groups is 2. The highest BCUT2D eigenvalue weighted by Gasteiger charge is 2.45. The van der Waals surface area contributed by atoms with Gasteiger partial charge in [-0.25, -0.2) is 0 Å². The van der Waals surface area contributed by atoms with E-state index in [0.717, 1.165) is 5.56 Å². The van der Waals surface area contributed by atoms with E-state index >= 15 is 0 Å². The van der Waals surface area contributed by atoms with E-state index in [1.54, 1.807) is 36.9 Å². The minimum Gasteiger partial charge on any atom is -0.476 e. The Hall–Kier alpha value is -2.15. The molecule has 1 aliphatic rings. The Morgan fingerprint density at radius 2 is 1.83 bits per heavy atom. The minimum absolute atomic E-state index is 0.0706. The van der Waals surface area contributed by atoms with Crippen LogP contribution in [0.15, 0.2) is 54.3 Å². The Morgan fingerprint density at radius 3 is 2.40 bits per heavy atom. The lowest BCUT2D eigenvalue weighted by molar-refractivity contribution is -0.149. The summed E-state index contributed by atoms with van der Waals surface area (Å²) >= 11 is 13.8. The molecule has 0 aliphatic carbocycles. The molecule has 158 valence electrons. The fraction of sp³-hybridized carbons (Fsp3) is 0.273. The number of carbonyl (C=O) groups excluding carboxylic acids is 2. The molecule has 0 saturated carbocycles. The largest absolute Gasteiger partial charge is 0.476 e. The molecule has 2 aromatic rings. The molecular weight excluding hydrogens is 443 g/mol. The number of primary amides is 1. The van der Waals surface area contributed by atoms with Crippen LogP contribution in [0.2, 0.25) is 10.0 Å². The van der Waals surface area contributed by atoms with E-state index in [9.17, 15) is 9.59 Å². The van der Waals surface area contributed by atoms with Crippen molar-refractivity contribution in [2.45, 2.75) is 18.9 Å². The maximum Gasteiger partial charge on any atom is 0.261 e. The third-order valence-electron chi connectivity index (χ3n) is 5.04. The van der Waals surface area contributed by atoms with Crippen molar-refractivity contribution in [3.05, 3.63) is 75.5 Å². The van der Waals surface area contributed by atoms with Gasteiger partial charge in [0.05, 0.1) is 11.3 Å². The van der Waals surface area contributed by atoms with E-state index < -0.39 is 11.4 Å². The van der Waals surface area contributed by atoms with Gasteiger partial charge in [0.2, 0.25) is 5.91 Å². The second-order valence-electron chi connectivity index (χ2n) is 7.20. The van der Waals surface area contributed by atoms with E-state index in [0.29, 0.717) is 32.7 Å². The standard InChI is InChI=1S/C22H22Cl2N2O3S/c1-22(21(25)28,11-14-8-16(23)10-17(24)9-14)26-13-29-18(12-30-2)19(20(26)27)15-6-4-3-5-7-15/h3-10H,11-13H2,1-2H3,(H2,25,28). The zero-order chi connectivity index (χ0) is 21.9. The van der Waals surface area contributed by atoms with Crippen molar-refractivity contribution in [2.75, 3.05) is 18.7 Å². The third kappa shape index (κ3) is 4.61. The van der Waals surface area contributed by atoms with Gasteiger partial charge in [-0.05, 0) is 42.5 Å². The fourth-order valence-corrected chi connectivity index (χ4v) is 4.52. The van der Waals surface area contributed by atoms with Gasteiger partial charge in [-0.1, -0.05) is 53.5 Å². The summed E-state index contributed by atoms with van der Waals surface area (Å²) in [5, 5.41) is 0.885. The van der Waals surface area contributed by atoms with Crippen molar-refractivity contribution in [1.82, 2.24) is 4.90 Å². The number of rotatable bonds is 7. The predicted octanol–water partition coefficient (Wildman–Crippen LogP) is 4.37. The van der Waals surface area contributed by atoms with Crippen LogP contribution in [0.1, 0.15) is 18.1 Å². The number of nitrogens with zero attached hydrogens (tertiary/aromatic N) is 1. The highest BCUT2D eigenvalue weighted by molar-refractivity contribution is 7.98. The monoisotopic (exact) mass is 464 g/mol. The lowest BCUT2D eigenvalue weighted by Gasteiger charge is -2.42. The fourth-order valence-electron chi connectivity index (χ4n) is 3.45. The summed E-state index contributed by atoms with van der Waals surface area (Å²) in [4.78, 5) is 27.6. The predicted molar refractivity (Wildman–Crippen MR) is 122 cm³/mol. The van der Waals surface area contributed by atoms with Gasteiger partial charge in [0.25, 0.3) is 5.91 Å². The van der Waals surface area contributed by atoms with Gasteiger partial charge in [0, 0.05) is 16.5 Å². The second kappa shape index (κ2) is 9.33. The Labute approximate surface area is 190 Å². The van der Waals surface area contributed by atoms with E-state index in [-0.39, 0.29) is 19.1 Å². The summed E-state index contributed by atoms with van der Waals surface area (Å²) in [5.74, 6) is 0.191. The highest BCUT2D eigenvalue weighted by Crippen LogP contribution is 2.34. The Bertz CT molecular complexity index is 977. The number of nitrogens with two attached hydrogens (primary N) is 1. The van der Waals surface area contributed by atoms with Crippen LogP contribution in [0.5, 0.6) is 0 Å². The van der Waals surface area contributed by atoms with Crippen LogP contribution in [0.25, 0.3) is 5.57 Å².